The third kappa shape index (κ3) is 3.05. The number of unbranched alkanes of at least 4 members (excludes halogenated alkanes) is 1. The maximum Gasteiger partial charge on any atom is 0.287 e. The van der Waals surface area contributed by atoms with Gasteiger partial charge in [0, 0.05) is 13.1 Å². The fraction of sp³-hybridized carbons (Fsp3) is 0.692. The zero-order valence-electron chi connectivity index (χ0n) is 10.9. The normalized spacial score (nSPS) is 21.9. The molecule has 0 bridgehead atoms. The number of aromatic nitrogens is 2. The van der Waals surface area contributed by atoms with Gasteiger partial charge in [0.15, 0.2) is 0 Å². The lowest BCUT2D eigenvalue weighted by molar-refractivity contribution is 0.543. The summed E-state index contributed by atoms with van der Waals surface area (Å²) in [4.78, 5) is 11.9. The molecule has 0 spiro atoms. The van der Waals surface area contributed by atoms with E-state index in [1.54, 1.807) is 6.20 Å². The molecule has 0 aromatic carbocycles. The summed E-state index contributed by atoms with van der Waals surface area (Å²) in [5.74, 6) is 1.50. The SMILES string of the molecule is CCCCn1ncc(NCC2CC2C)c(Cl)c1=O. The van der Waals surface area contributed by atoms with E-state index in [1.807, 2.05) is 0 Å². The summed E-state index contributed by atoms with van der Waals surface area (Å²) >= 11 is 6.08. The van der Waals surface area contributed by atoms with Crippen molar-refractivity contribution in [3.05, 3.63) is 21.6 Å². The van der Waals surface area contributed by atoms with E-state index >= 15 is 0 Å². The van der Waals surface area contributed by atoms with E-state index in [0.717, 1.165) is 25.3 Å². The van der Waals surface area contributed by atoms with Crippen LogP contribution in [0.1, 0.15) is 33.1 Å². The topological polar surface area (TPSA) is 46.9 Å². The van der Waals surface area contributed by atoms with Gasteiger partial charge in [-0.3, -0.25) is 4.79 Å². The Morgan fingerprint density at radius 2 is 2.33 bits per heavy atom. The molecule has 1 aliphatic rings. The third-order valence-electron chi connectivity index (χ3n) is 3.54. The summed E-state index contributed by atoms with van der Waals surface area (Å²) in [7, 11) is 0. The summed E-state index contributed by atoms with van der Waals surface area (Å²) < 4.78 is 1.44. The van der Waals surface area contributed by atoms with Crippen molar-refractivity contribution < 1.29 is 0 Å². The van der Waals surface area contributed by atoms with Crippen molar-refractivity contribution in [2.45, 2.75) is 39.7 Å². The molecule has 0 saturated heterocycles. The molecule has 2 rings (SSSR count). The summed E-state index contributed by atoms with van der Waals surface area (Å²) in [5.41, 5.74) is 0.465. The van der Waals surface area contributed by atoms with Crippen molar-refractivity contribution in [2.75, 3.05) is 11.9 Å². The van der Waals surface area contributed by atoms with Gasteiger partial charge in [0.05, 0.1) is 11.9 Å². The lowest BCUT2D eigenvalue weighted by Crippen LogP contribution is -2.24. The average molecular weight is 270 g/mol. The molecule has 2 atom stereocenters. The molecule has 1 heterocycles. The smallest absolute Gasteiger partial charge is 0.287 e. The molecule has 1 fully saturated rings. The number of nitrogens with one attached hydrogen (secondary N) is 1. The first kappa shape index (κ1) is 13.4. The standard InChI is InChI=1S/C13H20ClN3O/c1-3-4-5-17-13(18)12(14)11(8-16-17)15-7-10-6-9(10)2/h8-10,15H,3-7H2,1-2H3. The fourth-order valence-corrected chi connectivity index (χ4v) is 2.19. The summed E-state index contributed by atoms with van der Waals surface area (Å²) in [5, 5.41) is 7.63. The molecule has 0 amide bonds. The van der Waals surface area contributed by atoms with Gasteiger partial charge in [0.1, 0.15) is 5.02 Å². The van der Waals surface area contributed by atoms with Crippen LogP contribution in [0.15, 0.2) is 11.0 Å². The molecule has 4 nitrogen and oxygen atoms in total. The minimum atomic E-state index is -0.195. The van der Waals surface area contributed by atoms with Gasteiger partial charge in [-0.25, -0.2) is 4.68 Å². The highest BCUT2D eigenvalue weighted by atomic mass is 35.5. The van der Waals surface area contributed by atoms with Crippen LogP contribution in [0.25, 0.3) is 0 Å². The third-order valence-corrected chi connectivity index (χ3v) is 3.90. The van der Waals surface area contributed by atoms with Crippen LogP contribution in [-0.2, 0) is 6.54 Å². The summed E-state index contributed by atoms with van der Waals surface area (Å²) in [6, 6.07) is 0. The first-order chi connectivity index (χ1) is 8.63. The number of nitrogens with zero attached hydrogens (tertiary/aromatic N) is 2. The number of rotatable bonds is 6. The van der Waals surface area contributed by atoms with Crippen molar-refractivity contribution in [1.82, 2.24) is 9.78 Å². The number of aryl methyl sites for hydroxylation is 1. The lowest BCUT2D eigenvalue weighted by atomic mass is 10.3. The molecule has 2 unspecified atom stereocenters. The molecule has 0 radical (unpaired) electrons. The van der Waals surface area contributed by atoms with Crippen molar-refractivity contribution in [2.24, 2.45) is 11.8 Å². The number of hydrogen-bond donors (Lipinski definition) is 1. The maximum absolute atomic E-state index is 11.9. The zero-order chi connectivity index (χ0) is 13.1. The predicted octanol–water partition coefficient (Wildman–Crippen LogP) is 2.76. The fourth-order valence-electron chi connectivity index (χ4n) is 1.98. The van der Waals surface area contributed by atoms with Crippen molar-refractivity contribution >= 4 is 17.3 Å². The first-order valence-electron chi connectivity index (χ1n) is 6.63. The molecular formula is C13H20ClN3O. The minimum absolute atomic E-state index is 0.195. The molecule has 1 N–H and O–H groups in total. The van der Waals surface area contributed by atoms with E-state index in [1.165, 1.54) is 11.1 Å². The van der Waals surface area contributed by atoms with Gasteiger partial charge in [-0.2, -0.15) is 5.10 Å². The van der Waals surface area contributed by atoms with Gasteiger partial charge in [0.25, 0.3) is 5.56 Å². The Labute approximate surface area is 112 Å². The Morgan fingerprint density at radius 1 is 1.61 bits per heavy atom. The molecule has 1 aromatic rings. The summed E-state index contributed by atoms with van der Waals surface area (Å²) in [6.45, 7) is 5.82. The summed E-state index contributed by atoms with van der Waals surface area (Å²) in [6.07, 6.45) is 4.89. The average Bonchev–Trinajstić information content (AvgIpc) is 3.06. The molecule has 100 valence electrons. The Balaban J connectivity index is 2.03. The van der Waals surface area contributed by atoms with Gasteiger partial charge >= 0.3 is 0 Å². The lowest BCUT2D eigenvalue weighted by Gasteiger charge is -2.09. The van der Waals surface area contributed by atoms with Gasteiger partial charge in [-0.1, -0.05) is 31.9 Å². The zero-order valence-corrected chi connectivity index (χ0v) is 11.7. The van der Waals surface area contributed by atoms with Crippen LogP contribution in [-0.4, -0.2) is 16.3 Å². The monoisotopic (exact) mass is 269 g/mol. The molecule has 1 aliphatic carbocycles. The van der Waals surface area contributed by atoms with Crippen molar-refractivity contribution in [3.63, 3.8) is 0 Å². The highest BCUT2D eigenvalue weighted by Crippen LogP contribution is 2.37. The van der Waals surface area contributed by atoms with Crippen LogP contribution in [0, 0.1) is 11.8 Å². The van der Waals surface area contributed by atoms with Gasteiger partial charge in [0.2, 0.25) is 0 Å². The van der Waals surface area contributed by atoms with E-state index in [-0.39, 0.29) is 10.6 Å². The van der Waals surface area contributed by atoms with Crippen LogP contribution >= 0.6 is 11.6 Å². The highest BCUT2D eigenvalue weighted by molar-refractivity contribution is 6.32. The quantitative estimate of drug-likeness (QED) is 0.864. The van der Waals surface area contributed by atoms with E-state index in [2.05, 4.69) is 24.3 Å². The predicted molar refractivity (Wildman–Crippen MR) is 74.2 cm³/mol. The number of anilines is 1. The first-order valence-corrected chi connectivity index (χ1v) is 7.00. The molecule has 5 heteroatoms. The van der Waals surface area contributed by atoms with E-state index in [9.17, 15) is 4.79 Å². The Hall–Kier alpha value is -1.03. The van der Waals surface area contributed by atoms with Gasteiger partial charge < -0.3 is 5.32 Å². The Kier molecular flexibility index (Phi) is 4.27. The van der Waals surface area contributed by atoms with Gasteiger partial charge in [-0.15, -0.1) is 0 Å². The second kappa shape index (κ2) is 5.74. The Morgan fingerprint density at radius 3 is 2.94 bits per heavy atom. The maximum atomic E-state index is 11.9. The second-order valence-electron chi connectivity index (χ2n) is 5.11. The largest absolute Gasteiger partial charge is 0.382 e. The molecule has 1 aromatic heterocycles. The second-order valence-corrected chi connectivity index (χ2v) is 5.49. The molecule has 0 aliphatic heterocycles. The molecular weight excluding hydrogens is 250 g/mol. The van der Waals surface area contributed by atoms with E-state index in [0.29, 0.717) is 18.2 Å². The van der Waals surface area contributed by atoms with E-state index < -0.39 is 0 Å². The van der Waals surface area contributed by atoms with Crippen LogP contribution < -0.4 is 10.9 Å². The van der Waals surface area contributed by atoms with Crippen molar-refractivity contribution in [1.29, 1.82) is 0 Å². The number of halogens is 1. The molecule has 1 saturated carbocycles. The highest BCUT2D eigenvalue weighted by Gasteiger charge is 2.32. The van der Waals surface area contributed by atoms with Gasteiger partial charge in [-0.05, 0) is 24.7 Å². The Bertz CT molecular complexity index is 472. The van der Waals surface area contributed by atoms with Crippen molar-refractivity contribution in [3.8, 4) is 0 Å². The van der Waals surface area contributed by atoms with Crippen LogP contribution in [0.2, 0.25) is 5.02 Å². The number of hydrogen-bond acceptors (Lipinski definition) is 3. The van der Waals surface area contributed by atoms with Crippen LogP contribution in [0.4, 0.5) is 5.69 Å². The minimum Gasteiger partial charge on any atom is -0.382 e. The van der Waals surface area contributed by atoms with E-state index in [4.69, 9.17) is 11.6 Å². The van der Waals surface area contributed by atoms with Crippen LogP contribution in [0.3, 0.4) is 0 Å². The van der Waals surface area contributed by atoms with Crippen LogP contribution in [0.5, 0.6) is 0 Å². The molecule has 18 heavy (non-hydrogen) atoms.